The normalized spacial score (nSPS) is 10.9. The van der Waals surface area contributed by atoms with E-state index in [2.05, 4.69) is 30.2 Å². The Bertz CT molecular complexity index is 1450. The number of aromatic nitrogens is 5. The summed E-state index contributed by atoms with van der Waals surface area (Å²) >= 11 is 10.8. The maximum absolute atomic E-state index is 12.7. The fourth-order valence-corrected chi connectivity index (χ4v) is 3.57. The van der Waals surface area contributed by atoms with Crippen LogP contribution in [0.15, 0.2) is 48.9 Å². The third-order valence-corrected chi connectivity index (χ3v) is 5.28. The third-order valence-electron chi connectivity index (χ3n) is 4.97. The Labute approximate surface area is 224 Å². The number of nitrogens with zero attached hydrogens (tertiary/aromatic N) is 5. The maximum Gasteiger partial charge on any atom is 0.433 e. The van der Waals surface area contributed by atoms with Gasteiger partial charge in [0, 0.05) is 38.0 Å². The quantitative estimate of drug-likeness (QED) is 0.250. The van der Waals surface area contributed by atoms with Crippen molar-refractivity contribution in [2.24, 2.45) is 7.05 Å². The van der Waals surface area contributed by atoms with E-state index in [1.807, 2.05) is 18.2 Å². The van der Waals surface area contributed by atoms with Crippen LogP contribution in [0.1, 0.15) is 27.3 Å². The average Bonchev–Trinajstić information content (AvgIpc) is 3.23. The fourth-order valence-electron chi connectivity index (χ4n) is 3.28. The number of rotatable bonds is 7. The number of anilines is 1. The number of ether oxygens (including phenoxy) is 1. The minimum atomic E-state index is -4.56. The molecule has 38 heavy (non-hydrogen) atoms. The molecule has 1 aromatic carbocycles. The number of amides is 1. The molecule has 10 nitrogen and oxygen atoms in total. The molecule has 0 unspecified atom stereocenters. The molecule has 200 valence electrons. The molecule has 3 aromatic heterocycles. The van der Waals surface area contributed by atoms with Crippen LogP contribution < -0.4 is 14.9 Å². The van der Waals surface area contributed by atoms with Crippen molar-refractivity contribution in [3.05, 3.63) is 71.4 Å². The van der Waals surface area contributed by atoms with Gasteiger partial charge in [-0.1, -0.05) is 12.1 Å². The molecule has 0 aliphatic heterocycles. The topological polar surface area (TPSA) is 124 Å². The van der Waals surface area contributed by atoms with Crippen LogP contribution in [0.4, 0.5) is 19.0 Å². The summed E-state index contributed by atoms with van der Waals surface area (Å²) in [7, 11) is 3.17. The second-order valence-electron chi connectivity index (χ2n) is 7.60. The van der Waals surface area contributed by atoms with Gasteiger partial charge in [0.15, 0.2) is 11.5 Å². The van der Waals surface area contributed by atoms with E-state index < -0.39 is 17.8 Å². The molecule has 0 saturated heterocycles. The number of carbonyl (C=O) groups excluding carboxylic acids is 2. The van der Waals surface area contributed by atoms with Crippen molar-refractivity contribution in [1.82, 2.24) is 30.0 Å². The second kappa shape index (κ2) is 12.5. The number of carbonyl (C=O) groups is 2. The average molecular weight is 570 g/mol. The fraction of sp³-hybridized carbons (Fsp3) is 0.217. The lowest BCUT2D eigenvalue weighted by molar-refractivity contribution is -0.141. The van der Waals surface area contributed by atoms with E-state index >= 15 is 0 Å². The zero-order valence-corrected chi connectivity index (χ0v) is 21.4. The number of fused-ring (bicyclic) bond motifs is 1. The summed E-state index contributed by atoms with van der Waals surface area (Å²) in [6.45, 7) is -0.131. The molecule has 0 fully saturated rings. The largest absolute Gasteiger partial charge is 0.497 e. The van der Waals surface area contributed by atoms with Gasteiger partial charge >= 0.3 is 6.18 Å². The Hall–Kier alpha value is -3.97. The Balaban J connectivity index is 0.000000279. The second-order valence-corrected chi connectivity index (χ2v) is 8.21. The molecule has 15 heteroatoms. The Morgan fingerprint density at radius 1 is 1.11 bits per heavy atom. The molecule has 1 amide bonds. The molecule has 0 spiro atoms. The first-order valence-electron chi connectivity index (χ1n) is 10.7. The lowest BCUT2D eigenvalue weighted by Crippen LogP contribution is -2.25. The maximum atomic E-state index is 12.7. The van der Waals surface area contributed by atoms with Crippen LogP contribution >= 0.6 is 23.4 Å². The van der Waals surface area contributed by atoms with Gasteiger partial charge < -0.3 is 10.1 Å². The van der Waals surface area contributed by atoms with Crippen LogP contribution in [-0.2, 0) is 31.0 Å². The number of alkyl halides is 3. The van der Waals surface area contributed by atoms with Gasteiger partial charge in [0.2, 0.25) is 5.24 Å². The number of nitrogens with one attached hydrogen (secondary N) is 2. The number of methoxy groups -OCH3 is 1. The van der Waals surface area contributed by atoms with Crippen LogP contribution in [0.2, 0.25) is 0 Å². The van der Waals surface area contributed by atoms with Crippen molar-refractivity contribution < 1.29 is 27.5 Å². The van der Waals surface area contributed by atoms with Crippen molar-refractivity contribution in [3.8, 4) is 5.75 Å². The van der Waals surface area contributed by atoms with Crippen molar-refractivity contribution in [3.63, 3.8) is 0 Å². The van der Waals surface area contributed by atoms with Crippen molar-refractivity contribution in [2.45, 2.75) is 19.1 Å². The van der Waals surface area contributed by atoms with E-state index in [0.29, 0.717) is 11.0 Å². The van der Waals surface area contributed by atoms with Crippen LogP contribution in [0, 0.1) is 0 Å². The van der Waals surface area contributed by atoms with Gasteiger partial charge in [-0.15, -0.1) is 0 Å². The van der Waals surface area contributed by atoms with Crippen molar-refractivity contribution >= 4 is 51.4 Å². The summed E-state index contributed by atoms with van der Waals surface area (Å²) in [5.41, 5.74) is 0.782. The Morgan fingerprint density at radius 2 is 1.87 bits per heavy atom. The highest BCUT2D eigenvalue weighted by Gasteiger charge is 2.32. The summed E-state index contributed by atoms with van der Waals surface area (Å²) in [4.78, 5) is 36.5. The number of pyridine rings is 1. The van der Waals surface area contributed by atoms with Crippen molar-refractivity contribution in [1.29, 1.82) is 0 Å². The van der Waals surface area contributed by atoms with Gasteiger partial charge in [-0.25, -0.2) is 9.97 Å². The minimum Gasteiger partial charge on any atom is -0.497 e. The molecule has 0 aliphatic carbocycles. The molecule has 4 rings (SSSR count). The molecule has 0 radical (unpaired) electrons. The molecule has 2 N–H and O–H groups in total. The summed E-state index contributed by atoms with van der Waals surface area (Å²) in [6.07, 6.45) is -2.10. The van der Waals surface area contributed by atoms with E-state index in [0.717, 1.165) is 23.6 Å². The van der Waals surface area contributed by atoms with Gasteiger partial charge in [-0.05, 0) is 47.0 Å². The lowest BCUT2D eigenvalue weighted by Gasteiger charge is -2.09. The highest BCUT2D eigenvalue weighted by molar-refractivity contribution is 6.63. The van der Waals surface area contributed by atoms with E-state index in [1.165, 1.54) is 17.1 Å². The van der Waals surface area contributed by atoms with E-state index in [-0.39, 0.29) is 35.3 Å². The van der Waals surface area contributed by atoms with Crippen LogP contribution in [0.5, 0.6) is 5.75 Å². The van der Waals surface area contributed by atoms with Crippen LogP contribution in [0.3, 0.4) is 0 Å². The zero-order chi connectivity index (χ0) is 27.9. The molecule has 0 saturated carbocycles. The van der Waals surface area contributed by atoms with Gasteiger partial charge in [-0.3, -0.25) is 24.1 Å². The van der Waals surface area contributed by atoms with Gasteiger partial charge in [0.25, 0.3) is 5.91 Å². The number of halogens is 5. The Morgan fingerprint density at radius 3 is 2.53 bits per heavy atom. The molecule has 0 aliphatic rings. The Kier molecular flexibility index (Phi) is 9.42. The highest BCUT2D eigenvalue weighted by atomic mass is 35.5. The molecule has 0 bridgehead atoms. The monoisotopic (exact) mass is 569 g/mol. The van der Waals surface area contributed by atoms with Crippen LogP contribution in [-0.4, -0.2) is 43.0 Å². The van der Waals surface area contributed by atoms with E-state index in [4.69, 9.17) is 28.1 Å². The third kappa shape index (κ3) is 7.29. The molecule has 0 atom stereocenters. The first-order chi connectivity index (χ1) is 18.0. The first-order valence-corrected chi connectivity index (χ1v) is 11.4. The van der Waals surface area contributed by atoms with Gasteiger partial charge in [-0.2, -0.15) is 18.3 Å². The zero-order valence-electron chi connectivity index (χ0n) is 19.9. The molecule has 3 heterocycles. The number of hydrogen-bond donors (Lipinski definition) is 2. The molecular weight excluding hydrogens is 550 g/mol. The SMILES string of the molecule is COc1cccc(CC(=O)Cl)c1.Cn1nc(NCl)c2ncnc(C(=O)NCc3ccnc(C(F)(F)F)c3)c21. The van der Waals surface area contributed by atoms with Gasteiger partial charge in [0.1, 0.15) is 28.8 Å². The number of aryl methyl sites for hydroxylation is 1. The van der Waals surface area contributed by atoms with Gasteiger partial charge in [0.05, 0.1) is 7.11 Å². The summed E-state index contributed by atoms with van der Waals surface area (Å²) in [5.74, 6) is 0.405. The standard InChI is InChI=1S/C14H11ClF3N7O.C9H9ClO2/c1-25-11-9(12(23-15)24-25)21-6-22-10(11)13(26)20-5-7-2-3-19-8(4-7)14(16,17)18;1-12-8-4-2-3-7(5-8)6-9(10)11/h2-4,6H,5H2,1H3,(H,20,26)(H,23,24);2-5H,6H2,1H3. The van der Waals surface area contributed by atoms with E-state index in [1.54, 1.807) is 20.2 Å². The predicted molar refractivity (Wildman–Crippen MR) is 134 cm³/mol. The molecule has 4 aromatic rings. The first kappa shape index (κ1) is 28.6. The van der Waals surface area contributed by atoms with Crippen molar-refractivity contribution in [2.75, 3.05) is 11.9 Å². The molecular formula is C23H20Cl2F3N7O3. The lowest BCUT2D eigenvalue weighted by atomic mass is 10.1. The van der Waals surface area contributed by atoms with E-state index in [9.17, 15) is 22.8 Å². The number of hydrogen-bond acceptors (Lipinski definition) is 8. The predicted octanol–water partition coefficient (Wildman–Crippen LogP) is 4.28. The number of benzene rings is 1. The summed E-state index contributed by atoms with van der Waals surface area (Å²) in [6, 6.07) is 9.53. The summed E-state index contributed by atoms with van der Waals surface area (Å²) < 4.78 is 44.4. The minimum absolute atomic E-state index is 0.0215. The summed E-state index contributed by atoms with van der Waals surface area (Å²) in [5, 5.41) is 6.23. The highest BCUT2D eigenvalue weighted by Crippen LogP contribution is 2.28. The van der Waals surface area contributed by atoms with Crippen LogP contribution in [0.25, 0.3) is 11.0 Å². The smallest absolute Gasteiger partial charge is 0.433 e.